The summed E-state index contributed by atoms with van der Waals surface area (Å²) >= 11 is 6.01. The van der Waals surface area contributed by atoms with Crippen LogP contribution in [0.2, 0.25) is 5.02 Å². The highest BCUT2D eigenvalue weighted by Gasteiger charge is 2.48. The van der Waals surface area contributed by atoms with Crippen LogP contribution in [0.4, 0.5) is 17.6 Å². The maximum Gasteiger partial charge on any atom is 0.418 e. The van der Waals surface area contributed by atoms with Crippen LogP contribution in [-0.2, 0) is 10.9 Å². The number of hydrogen-bond donors (Lipinski definition) is 3. The van der Waals surface area contributed by atoms with Crippen LogP contribution < -0.4 is 0 Å². The molecule has 0 unspecified atom stereocenters. The lowest BCUT2D eigenvalue weighted by Crippen LogP contribution is -2.53. The Morgan fingerprint density at radius 3 is 2.59 bits per heavy atom. The summed E-state index contributed by atoms with van der Waals surface area (Å²) in [5.74, 6) is -0.689. The molecule has 15 heteroatoms. The minimum atomic E-state index is -4.77. The van der Waals surface area contributed by atoms with Crippen molar-refractivity contribution in [3.8, 4) is 16.9 Å². The van der Waals surface area contributed by atoms with E-state index in [0.717, 1.165) is 22.9 Å². The molecule has 1 aliphatic heterocycles. The zero-order valence-electron chi connectivity index (χ0n) is 20.0. The van der Waals surface area contributed by atoms with Gasteiger partial charge in [-0.15, -0.1) is 0 Å². The average Bonchev–Trinajstić information content (AvgIpc) is 3.51. The van der Waals surface area contributed by atoms with Crippen molar-refractivity contribution in [1.82, 2.24) is 29.5 Å². The van der Waals surface area contributed by atoms with E-state index in [9.17, 15) is 32.9 Å². The Morgan fingerprint density at radius 2 is 1.90 bits per heavy atom. The van der Waals surface area contributed by atoms with Crippen LogP contribution in [0.1, 0.15) is 29.4 Å². The molecule has 1 aromatic carbocycles. The summed E-state index contributed by atoms with van der Waals surface area (Å²) in [5, 5.41) is 40.5. The van der Waals surface area contributed by atoms with Gasteiger partial charge in [0.25, 0.3) is 0 Å². The van der Waals surface area contributed by atoms with Crippen molar-refractivity contribution < 1.29 is 37.6 Å². The Bertz CT molecular complexity index is 1500. The summed E-state index contributed by atoms with van der Waals surface area (Å²) in [5.41, 5.74) is -0.907. The van der Waals surface area contributed by atoms with Gasteiger partial charge in [0.05, 0.1) is 29.7 Å². The highest BCUT2D eigenvalue weighted by Crippen LogP contribution is 2.41. The van der Waals surface area contributed by atoms with Gasteiger partial charge in [-0.3, -0.25) is 9.67 Å². The third-order valence-corrected chi connectivity index (χ3v) is 6.54. The number of hydrogen-bond acceptors (Lipinski definition) is 8. The molecular weight excluding hydrogens is 548 g/mol. The van der Waals surface area contributed by atoms with E-state index in [-0.39, 0.29) is 22.4 Å². The smallest absolute Gasteiger partial charge is 0.394 e. The van der Waals surface area contributed by atoms with Crippen molar-refractivity contribution in [3.63, 3.8) is 0 Å². The molecule has 0 aliphatic carbocycles. The predicted molar refractivity (Wildman–Crippen MR) is 127 cm³/mol. The number of aliphatic hydroxyl groups excluding tert-OH is 3. The number of nitrogens with zero attached hydrogens (tertiary/aromatic N) is 6. The van der Waals surface area contributed by atoms with Crippen molar-refractivity contribution in [3.05, 3.63) is 77.0 Å². The third-order valence-electron chi connectivity index (χ3n) is 6.30. The first-order chi connectivity index (χ1) is 18.5. The Labute approximate surface area is 223 Å². The highest BCUT2D eigenvalue weighted by atomic mass is 35.5. The van der Waals surface area contributed by atoms with Gasteiger partial charge in [-0.05, 0) is 31.2 Å². The quantitative estimate of drug-likeness (QED) is 0.313. The van der Waals surface area contributed by atoms with E-state index in [1.54, 1.807) is 0 Å². The lowest BCUT2D eigenvalue weighted by Gasteiger charge is -2.42. The molecular formula is C24H21ClF4N6O4. The van der Waals surface area contributed by atoms with Gasteiger partial charge in [0.1, 0.15) is 42.1 Å². The van der Waals surface area contributed by atoms with Crippen LogP contribution >= 0.6 is 11.6 Å². The Kier molecular flexibility index (Phi) is 7.15. The number of alkyl halides is 3. The summed E-state index contributed by atoms with van der Waals surface area (Å²) in [6.07, 6.45) is -6.63. The largest absolute Gasteiger partial charge is 0.418 e. The highest BCUT2D eigenvalue weighted by molar-refractivity contribution is 6.30. The Balaban J connectivity index is 1.58. The van der Waals surface area contributed by atoms with Crippen LogP contribution in [0, 0.1) is 12.7 Å². The molecule has 3 aromatic heterocycles. The molecule has 1 fully saturated rings. The molecule has 0 radical (unpaired) electrons. The second-order valence-electron chi connectivity index (χ2n) is 8.91. The molecule has 5 atom stereocenters. The van der Waals surface area contributed by atoms with E-state index in [1.165, 1.54) is 42.3 Å². The molecule has 5 rings (SSSR count). The van der Waals surface area contributed by atoms with Gasteiger partial charge in [-0.1, -0.05) is 11.6 Å². The molecule has 1 aliphatic rings. The molecule has 0 bridgehead atoms. The van der Waals surface area contributed by atoms with Crippen LogP contribution in [0.25, 0.3) is 16.9 Å². The molecule has 0 saturated carbocycles. The number of aromatic nitrogens is 6. The zero-order valence-corrected chi connectivity index (χ0v) is 20.8. The maximum atomic E-state index is 13.9. The molecule has 39 heavy (non-hydrogen) atoms. The van der Waals surface area contributed by atoms with Crippen molar-refractivity contribution >= 4 is 11.6 Å². The zero-order chi connectivity index (χ0) is 28.1. The Morgan fingerprint density at radius 1 is 1.13 bits per heavy atom. The first kappa shape index (κ1) is 27.1. The van der Waals surface area contributed by atoms with Gasteiger partial charge in [0.2, 0.25) is 0 Å². The van der Waals surface area contributed by atoms with E-state index in [4.69, 9.17) is 16.3 Å². The van der Waals surface area contributed by atoms with E-state index >= 15 is 0 Å². The lowest BCUT2D eigenvalue weighted by atomic mass is 9.92. The van der Waals surface area contributed by atoms with Gasteiger partial charge in [0.15, 0.2) is 5.82 Å². The Hall–Kier alpha value is -3.43. The number of benzene rings is 1. The maximum absolute atomic E-state index is 13.9. The predicted octanol–water partition coefficient (Wildman–Crippen LogP) is 3.04. The van der Waals surface area contributed by atoms with Gasteiger partial charge in [0, 0.05) is 29.0 Å². The topological polar surface area (TPSA) is 131 Å². The molecule has 0 amide bonds. The van der Waals surface area contributed by atoms with Crippen molar-refractivity contribution in [2.45, 2.75) is 43.6 Å². The average molecular weight is 569 g/mol. The fourth-order valence-electron chi connectivity index (χ4n) is 4.54. The summed E-state index contributed by atoms with van der Waals surface area (Å²) in [4.78, 5) is 8.29. The molecule has 3 N–H and O–H groups in total. The first-order valence-corrected chi connectivity index (χ1v) is 11.9. The normalized spacial score (nSPS) is 23.8. The molecule has 4 aromatic rings. The molecule has 10 nitrogen and oxygen atoms in total. The number of aliphatic hydroxyl groups is 3. The minimum Gasteiger partial charge on any atom is -0.394 e. The standard InChI is InChI=1S/C24H21ClF4N6O4/c1-11-32-23(35(33-11)17-6-13(25)2-3-15(17)24(27,28)29)22-21(38)19(20(37)18(10-36)39-22)34-9-12(8-31-34)16-7-14(26)4-5-30-16/h2-9,18-22,36-38H,10H2,1H3/t18-,19+,20+,21-,22-/m1/s1. The van der Waals surface area contributed by atoms with Gasteiger partial charge < -0.3 is 20.1 Å². The van der Waals surface area contributed by atoms with Crippen LogP contribution in [-0.4, -0.2) is 69.8 Å². The van der Waals surface area contributed by atoms with Crippen LogP contribution in [0.15, 0.2) is 48.9 Å². The second-order valence-corrected chi connectivity index (χ2v) is 9.34. The molecule has 4 heterocycles. The van der Waals surface area contributed by atoms with Crippen molar-refractivity contribution in [2.24, 2.45) is 0 Å². The van der Waals surface area contributed by atoms with Gasteiger partial charge in [-0.2, -0.15) is 23.4 Å². The lowest BCUT2D eigenvalue weighted by molar-refractivity contribution is -0.210. The van der Waals surface area contributed by atoms with E-state index < -0.39 is 60.3 Å². The van der Waals surface area contributed by atoms with Gasteiger partial charge >= 0.3 is 6.18 Å². The number of aryl methyl sites for hydroxylation is 1. The van der Waals surface area contributed by atoms with E-state index in [0.29, 0.717) is 5.56 Å². The van der Waals surface area contributed by atoms with E-state index in [1.807, 2.05) is 0 Å². The van der Waals surface area contributed by atoms with Crippen LogP contribution in [0.3, 0.4) is 0 Å². The van der Waals surface area contributed by atoms with E-state index in [2.05, 4.69) is 20.2 Å². The van der Waals surface area contributed by atoms with Crippen molar-refractivity contribution in [1.29, 1.82) is 0 Å². The number of halogens is 5. The van der Waals surface area contributed by atoms with Crippen LogP contribution in [0.5, 0.6) is 0 Å². The van der Waals surface area contributed by atoms with Gasteiger partial charge in [-0.25, -0.2) is 14.1 Å². The SMILES string of the molecule is Cc1nc([C@@H]2O[C@H](CO)[C@H](O)[C@H](n3cc(-c4cc(F)ccn4)cn3)[C@H]2O)n(-c2cc(Cl)ccc2C(F)(F)F)n1. The monoisotopic (exact) mass is 568 g/mol. The number of ether oxygens (including phenoxy) is 1. The first-order valence-electron chi connectivity index (χ1n) is 11.6. The summed E-state index contributed by atoms with van der Waals surface area (Å²) < 4.78 is 63.1. The second kappa shape index (κ2) is 10.3. The molecule has 1 saturated heterocycles. The summed E-state index contributed by atoms with van der Waals surface area (Å²) in [7, 11) is 0. The fourth-order valence-corrected chi connectivity index (χ4v) is 4.70. The summed E-state index contributed by atoms with van der Waals surface area (Å²) in [6.45, 7) is 0.743. The van der Waals surface area contributed by atoms with Crippen molar-refractivity contribution in [2.75, 3.05) is 6.61 Å². The molecule has 0 spiro atoms. The number of rotatable bonds is 5. The third kappa shape index (κ3) is 5.13. The minimum absolute atomic E-state index is 0.00113. The molecule has 206 valence electrons. The number of pyridine rings is 1. The summed E-state index contributed by atoms with van der Waals surface area (Å²) in [6, 6.07) is 4.02. The fraction of sp³-hybridized carbons (Fsp3) is 0.333.